The van der Waals surface area contributed by atoms with E-state index in [1.54, 1.807) is 0 Å². The van der Waals surface area contributed by atoms with Gasteiger partial charge in [-0.1, -0.05) is 13.3 Å². The first-order chi connectivity index (χ1) is 7.76. The van der Waals surface area contributed by atoms with Crippen molar-refractivity contribution in [3.63, 3.8) is 0 Å². The van der Waals surface area contributed by atoms with Crippen molar-refractivity contribution in [1.29, 1.82) is 0 Å². The van der Waals surface area contributed by atoms with Crippen LogP contribution in [0.2, 0.25) is 0 Å². The monoisotopic (exact) mass is 348 g/mol. The zero-order valence-electron chi connectivity index (χ0n) is 9.21. The minimum absolute atomic E-state index is 0.481. The summed E-state index contributed by atoms with van der Waals surface area (Å²) >= 11 is 8.24. The van der Waals surface area contributed by atoms with E-state index in [9.17, 15) is 0 Å². The topological polar surface area (TPSA) is 17.8 Å². The van der Waals surface area contributed by atoms with E-state index in [-0.39, 0.29) is 0 Å². The van der Waals surface area contributed by atoms with Crippen LogP contribution in [0.25, 0.3) is 11.0 Å². The lowest BCUT2D eigenvalue weighted by atomic mass is 10.3. The number of imidazole rings is 1. The highest BCUT2D eigenvalue weighted by molar-refractivity contribution is 14.1. The van der Waals surface area contributed by atoms with Crippen molar-refractivity contribution in [2.45, 2.75) is 32.2 Å². The van der Waals surface area contributed by atoms with Crippen LogP contribution in [0.4, 0.5) is 0 Å². The lowest BCUT2D eigenvalue weighted by Crippen LogP contribution is -2.02. The number of aromatic nitrogens is 2. The lowest BCUT2D eigenvalue weighted by Gasteiger charge is -2.06. The van der Waals surface area contributed by atoms with Crippen LogP contribution in [-0.4, -0.2) is 9.55 Å². The second-order valence-electron chi connectivity index (χ2n) is 3.80. The second-order valence-corrected chi connectivity index (χ2v) is 5.31. The van der Waals surface area contributed by atoms with Gasteiger partial charge in [0.1, 0.15) is 5.82 Å². The quantitative estimate of drug-likeness (QED) is 0.599. The Kier molecular flexibility index (Phi) is 4.08. The van der Waals surface area contributed by atoms with E-state index in [0.29, 0.717) is 5.88 Å². The van der Waals surface area contributed by atoms with E-state index < -0.39 is 0 Å². The Balaban J connectivity index is 2.50. The summed E-state index contributed by atoms with van der Waals surface area (Å²) in [6.45, 7) is 3.21. The molecule has 0 radical (unpaired) electrons. The zero-order valence-corrected chi connectivity index (χ0v) is 12.1. The van der Waals surface area contributed by atoms with E-state index in [1.807, 2.05) is 0 Å². The van der Waals surface area contributed by atoms with Crippen LogP contribution in [0.15, 0.2) is 18.2 Å². The third kappa shape index (κ3) is 2.35. The fourth-order valence-electron chi connectivity index (χ4n) is 1.82. The van der Waals surface area contributed by atoms with Crippen molar-refractivity contribution >= 4 is 45.2 Å². The molecule has 0 atom stereocenters. The molecule has 0 N–H and O–H groups in total. The summed E-state index contributed by atoms with van der Waals surface area (Å²) in [7, 11) is 0. The number of hydrogen-bond donors (Lipinski definition) is 0. The zero-order chi connectivity index (χ0) is 11.5. The Morgan fingerprint density at radius 1 is 1.44 bits per heavy atom. The van der Waals surface area contributed by atoms with Gasteiger partial charge in [-0.25, -0.2) is 4.98 Å². The third-order valence-electron chi connectivity index (χ3n) is 2.64. The maximum atomic E-state index is 5.94. The number of rotatable bonds is 4. The second kappa shape index (κ2) is 5.36. The van der Waals surface area contributed by atoms with Gasteiger partial charge in [-0.2, -0.15) is 0 Å². The van der Waals surface area contributed by atoms with Gasteiger partial charge in [0.2, 0.25) is 0 Å². The van der Waals surface area contributed by atoms with Crippen molar-refractivity contribution in [2.75, 3.05) is 0 Å². The van der Waals surface area contributed by atoms with Crippen molar-refractivity contribution in [2.24, 2.45) is 0 Å². The SMILES string of the molecule is CCCCn1c(CCl)nc2cc(I)ccc21. The van der Waals surface area contributed by atoms with Gasteiger partial charge in [-0.3, -0.25) is 0 Å². The molecule has 0 saturated carbocycles. The lowest BCUT2D eigenvalue weighted by molar-refractivity contribution is 0.628. The van der Waals surface area contributed by atoms with E-state index in [2.05, 4.69) is 57.3 Å². The summed E-state index contributed by atoms with van der Waals surface area (Å²) in [5.74, 6) is 1.46. The largest absolute Gasteiger partial charge is 0.327 e. The molecule has 86 valence electrons. The minimum Gasteiger partial charge on any atom is -0.327 e. The maximum Gasteiger partial charge on any atom is 0.124 e. The van der Waals surface area contributed by atoms with Crippen LogP contribution in [0.1, 0.15) is 25.6 Å². The van der Waals surface area contributed by atoms with Gasteiger partial charge in [0.15, 0.2) is 0 Å². The molecule has 0 unspecified atom stereocenters. The number of halogens is 2. The first-order valence-corrected chi connectivity index (χ1v) is 7.08. The number of aryl methyl sites for hydroxylation is 1. The van der Waals surface area contributed by atoms with Crippen LogP contribution >= 0.6 is 34.2 Å². The summed E-state index contributed by atoms with van der Waals surface area (Å²) in [6.07, 6.45) is 2.35. The van der Waals surface area contributed by atoms with Crippen LogP contribution in [0, 0.1) is 3.57 Å². The van der Waals surface area contributed by atoms with Gasteiger partial charge in [-0.05, 0) is 47.2 Å². The van der Waals surface area contributed by atoms with Crippen molar-refractivity contribution in [3.8, 4) is 0 Å². The minimum atomic E-state index is 0.481. The molecule has 0 saturated heterocycles. The summed E-state index contributed by atoms with van der Waals surface area (Å²) in [5, 5.41) is 0. The van der Waals surface area contributed by atoms with Crippen molar-refractivity contribution in [1.82, 2.24) is 9.55 Å². The molecule has 0 amide bonds. The van der Waals surface area contributed by atoms with E-state index in [4.69, 9.17) is 11.6 Å². The Labute approximate surface area is 114 Å². The molecular weight excluding hydrogens is 335 g/mol. The molecular formula is C12H14ClIN2. The summed E-state index contributed by atoms with van der Waals surface area (Å²) in [5.41, 5.74) is 2.25. The Morgan fingerprint density at radius 2 is 2.25 bits per heavy atom. The molecule has 2 rings (SSSR count). The maximum absolute atomic E-state index is 5.94. The van der Waals surface area contributed by atoms with Crippen LogP contribution in [0.5, 0.6) is 0 Å². The molecule has 0 aliphatic rings. The summed E-state index contributed by atoms with van der Waals surface area (Å²) in [6, 6.07) is 6.36. The molecule has 2 aromatic rings. The highest BCUT2D eigenvalue weighted by Crippen LogP contribution is 2.20. The molecule has 0 fully saturated rings. The number of alkyl halides is 1. The predicted molar refractivity (Wildman–Crippen MR) is 76.9 cm³/mol. The van der Waals surface area contributed by atoms with Gasteiger partial charge in [0.05, 0.1) is 16.9 Å². The standard InChI is InChI=1S/C12H14ClIN2/c1-2-3-6-16-11-5-4-9(14)7-10(11)15-12(16)8-13/h4-5,7H,2-3,6,8H2,1H3. The molecule has 1 aromatic heterocycles. The molecule has 16 heavy (non-hydrogen) atoms. The molecule has 4 heteroatoms. The highest BCUT2D eigenvalue weighted by atomic mass is 127. The molecule has 0 spiro atoms. The van der Waals surface area contributed by atoms with E-state index in [0.717, 1.165) is 17.9 Å². The Morgan fingerprint density at radius 3 is 2.94 bits per heavy atom. The van der Waals surface area contributed by atoms with Crippen molar-refractivity contribution < 1.29 is 0 Å². The third-order valence-corrected chi connectivity index (χ3v) is 3.55. The fraction of sp³-hybridized carbons (Fsp3) is 0.417. The Hall–Kier alpha value is -0.290. The van der Waals surface area contributed by atoms with Crippen LogP contribution in [0.3, 0.4) is 0 Å². The summed E-state index contributed by atoms with van der Waals surface area (Å²) in [4.78, 5) is 4.57. The van der Waals surface area contributed by atoms with E-state index in [1.165, 1.54) is 21.9 Å². The van der Waals surface area contributed by atoms with Gasteiger partial charge in [0, 0.05) is 10.1 Å². The molecule has 2 nitrogen and oxygen atoms in total. The first kappa shape index (κ1) is 12.2. The smallest absolute Gasteiger partial charge is 0.124 e. The number of fused-ring (bicyclic) bond motifs is 1. The Bertz CT molecular complexity index is 493. The highest BCUT2D eigenvalue weighted by Gasteiger charge is 2.09. The average Bonchev–Trinajstić information content (AvgIpc) is 2.63. The van der Waals surface area contributed by atoms with Gasteiger partial charge >= 0.3 is 0 Å². The number of hydrogen-bond acceptors (Lipinski definition) is 1. The molecule has 0 aliphatic carbocycles. The molecule has 1 aromatic carbocycles. The fourth-order valence-corrected chi connectivity index (χ4v) is 2.50. The van der Waals surface area contributed by atoms with Gasteiger partial charge in [-0.15, -0.1) is 11.6 Å². The molecule has 0 bridgehead atoms. The average molecular weight is 349 g/mol. The first-order valence-electron chi connectivity index (χ1n) is 5.47. The number of benzene rings is 1. The molecule has 1 heterocycles. The van der Waals surface area contributed by atoms with Crippen LogP contribution in [-0.2, 0) is 12.4 Å². The van der Waals surface area contributed by atoms with Gasteiger partial charge in [0.25, 0.3) is 0 Å². The molecule has 0 aliphatic heterocycles. The number of nitrogens with zero attached hydrogens (tertiary/aromatic N) is 2. The van der Waals surface area contributed by atoms with Crippen LogP contribution < -0.4 is 0 Å². The van der Waals surface area contributed by atoms with Crippen molar-refractivity contribution in [3.05, 3.63) is 27.6 Å². The number of unbranched alkanes of at least 4 members (excludes halogenated alkanes) is 1. The summed E-state index contributed by atoms with van der Waals surface area (Å²) < 4.78 is 3.45. The predicted octanol–water partition coefficient (Wildman–Crippen LogP) is 4.18. The van der Waals surface area contributed by atoms with E-state index >= 15 is 0 Å². The normalized spacial score (nSPS) is 11.2. The van der Waals surface area contributed by atoms with Gasteiger partial charge < -0.3 is 4.57 Å².